The molecule has 0 spiro atoms. The van der Waals surface area contributed by atoms with Crippen molar-refractivity contribution in [2.45, 2.75) is 39.5 Å². The third-order valence-electron chi connectivity index (χ3n) is 2.44. The van der Waals surface area contributed by atoms with Gasteiger partial charge in [0.2, 0.25) is 0 Å². The second kappa shape index (κ2) is 4.14. The normalized spacial score (nSPS) is 11.8. The van der Waals surface area contributed by atoms with Crippen LogP contribution >= 0.6 is 0 Å². The number of rotatable bonds is 2. The first kappa shape index (κ1) is 11.3. The van der Waals surface area contributed by atoms with E-state index >= 15 is 0 Å². The first-order valence-corrected chi connectivity index (χ1v) is 5.09. The Morgan fingerprint density at radius 3 is 2.29 bits per heavy atom. The van der Waals surface area contributed by atoms with E-state index < -0.39 is 0 Å². The number of hydrogen-bond acceptors (Lipinski definition) is 1. The molecule has 14 heavy (non-hydrogen) atoms. The van der Waals surface area contributed by atoms with Crippen LogP contribution in [0.15, 0.2) is 18.2 Å². The summed E-state index contributed by atoms with van der Waals surface area (Å²) in [5.74, 6) is 0. The molecule has 1 heteroatoms. The Hall–Kier alpha value is -0.820. The van der Waals surface area contributed by atoms with E-state index in [2.05, 4.69) is 33.8 Å². The maximum atomic E-state index is 9.02. The summed E-state index contributed by atoms with van der Waals surface area (Å²) in [6.45, 7) is 9.85. The van der Waals surface area contributed by atoms with Gasteiger partial charge in [-0.3, -0.25) is 0 Å². The maximum Gasteiger partial charge on any atom is 0.109 e. The van der Waals surface area contributed by atoms with Gasteiger partial charge in [0, 0.05) is 0 Å². The Kier molecular flexibility index (Phi) is 3.33. The minimum Gasteiger partial charge on any atom is -0.385 e. The third-order valence-corrected chi connectivity index (χ3v) is 2.44. The predicted octanol–water partition coefficient (Wildman–Crippen LogP) is 3.43. The molecular weight excluding hydrogens is 172 g/mol. The summed E-state index contributed by atoms with van der Waals surface area (Å²) < 4.78 is 0. The van der Waals surface area contributed by atoms with Gasteiger partial charge in [0.25, 0.3) is 0 Å². The van der Waals surface area contributed by atoms with Crippen molar-refractivity contribution in [3.8, 4) is 0 Å². The number of hydrogen-bond donors (Lipinski definition) is 1. The van der Waals surface area contributed by atoms with Gasteiger partial charge in [0.1, 0.15) is 6.61 Å². The highest BCUT2D eigenvalue weighted by molar-refractivity contribution is 5.36. The van der Waals surface area contributed by atoms with Gasteiger partial charge in [-0.2, -0.15) is 0 Å². The van der Waals surface area contributed by atoms with Crippen molar-refractivity contribution in [3.63, 3.8) is 0 Å². The molecule has 1 N–H and O–H groups in total. The summed E-state index contributed by atoms with van der Waals surface area (Å²) in [7, 11) is 0. The summed E-state index contributed by atoms with van der Waals surface area (Å²) in [6, 6.07) is 6.28. The maximum absolute atomic E-state index is 9.02. The molecule has 1 aromatic rings. The van der Waals surface area contributed by atoms with Gasteiger partial charge in [-0.05, 0) is 28.5 Å². The van der Waals surface area contributed by atoms with E-state index in [0.717, 1.165) is 12.0 Å². The van der Waals surface area contributed by atoms with E-state index in [1.54, 1.807) is 0 Å². The third kappa shape index (κ3) is 2.58. The lowest BCUT2D eigenvalue weighted by atomic mass is 9.85. The molecule has 77 valence electrons. The zero-order valence-corrected chi connectivity index (χ0v) is 9.46. The zero-order chi connectivity index (χ0) is 10.8. The van der Waals surface area contributed by atoms with Gasteiger partial charge < -0.3 is 5.11 Å². The fourth-order valence-corrected chi connectivity index (χ4v) is 1.43. The summed E-state index contributed by atoms with van der Waals surface area (Å²) in [5.41, 5.74) is 3.59. The summed E-state index contributed by atoms with van der Waals surface area (Å²) in [6.07, 6.45) is 1.00. The lowest BCUT2D eigenvalue weighted by Crippen LogP contribution is -2.12. The molecule has 0 aliphatic rings. The van der Waals surface area contributed by atoms with Crippen LogP contribution in [0, 0.1) is 6.61 Å². The fourth-order valence-electron chi connectivity index (χ4n) is 1.43. The van der Waals surface area contributed by atoms with E-state index in [9.17, 15) is 0 Å². The van der Waals surface area contributed by atoms with Crippen LogP contribution in [0.4, 0.5) is 0 Å². The van der Waals surface area contributed by atoms with Crippen LogP contribution in [0.3, 0.4) is 0 Å². The summed E-state index contributed by atoms with van der Waals surface area (Å²) >= 11 is 0. The molecule has 0 heterocycles. The van der Waals surface area contributed by atoms with Crippen molar-refractivity contribution in [2.24, 2.45) is 0 Å². The minimum atomic E-state index is 0.142. The molecule has 1 rings (SSSR count). The van der Waals surface area contributed by atoms with Gasteiger partial charge in [0.05, 0.1) is 0 Å². The second-order valence-electron chi connectivity index (χ2n) is 4.70. The van der Waals surface area contributed by atoms with Gasteiger partial charge in [-0.25, -0.2) is 0 Å². The quantitative estimate of drug-likeness (QED) is 0.759. The largest absolute Gasteiger partial charge is 0.385 e. The average Bonchev–Trinajstić information content (AvgIpc) is 2.15. The predicted molar refractivity (Wildman–Crippen MR) is 59.9 cm³/mol. The van der Waals surface area contributed by atoms with E-state index in [4.69, 9.17) is 5.11 Å². The molecule has 1 aromatic carbocycles. The minimum absolute atomic E-state index is 0.142. The molecule has 0 saturated heterocycles. The standard InChI is InChI=1S/C13H19O/c1-5-10-6-11(9-14)8-12(7-10)13(2,3)4/h6-9,14H,5H2,1-4H3. The highest BCUT2D eigenvalue weighted by Crippen LogP contribution is 2.25. The Bertz CT molecular complexity index is 285. The lowest BCUT2D eigenvalue weighted by Gasteiger charge is -2.20. The summed E-state index contributed by atoms with van der Waals surface area (Å²) in [4.78, 5) is 0. The molecule has 0 fully saturated rings. The first-order valence-electron chi connectivity index (χ1n) is 5.09. The molecule has 0 unspecified atom stereocenters. The lowest BCUT2D eigenvalue weighted by molar-refractivity contribution is 0.414. The van der Waals surface area contributed by atoms with Crippen molar-refractivity contribution in [2.75, 3.05) is 0 Å². The first-order chi connectivity index (χ1) is 6.47. The molecule has 0 amide bonds. The topological polar surface area (TPSA) is 20.2 Å². The number of aliphatic hydroxyl groups excluding tert-OH is 1. The number of aliphatic hydroxyl groups is 1. The van der Waals surface area contributed by atoms with E-state index in [-0.39, 0.29) is 5.41 Å². The number of aryl methyl sites for hydroxylation is 1. The molecule has 0 aliphatic carbocycles. The average molecular weight is 191 g/mol. The molecule has 0 aromatic heterocycles. The second-order valence-corrected chi connectivity index (χ2v) is 4.70. The van der Waals surface area contributed by atoms with Gasteiger partial charge in [0.15, 0.2) is 0 Å². The Morgan fingerprint density at radius 1 is 1.21 bits per heavy atom. The van der Waals surface area contributed by atoms with Crippen LogP contribution in [0.1, 0.15) is 44.4 Å². The molecule has 0 aliphatic heterocycles. The van der Waals surface area contributed by atoms with Crippen molar-refractivity contribution in [1.29, 1.82) is 0 Å². The Balaban J connectivity index is 3.17. The van der Waals surface area contributed by atoms with Gasteiger partial charge in [-0.15, -0.1) is 0 Å². The van der Waals surface area contributed by atoms with Crippen molar-refractivity contribution in [1.82, 2.24) is 0 Å². The smallest absolute Gasteiger partial charge is 0.109 e. The van der Waals surface area contributed by atoms with Gasteiger partial charge >= 0.3 is 0 Å². The van der Waals surface area contributed by atoms with Crippen LogP contribution in [-0.2, 0) is 11.8 Å². The molecule has 1 radical (unpaired) electrons. The molecule has 0 bridgehead atoms. The molecule has 0 saturated carbocycles. The van der Waals surface area contributed by atoms with Crippen LogP contribution in [0.2, 0.25) is 0 Å². The van der Waals surface area contributed by atoms with Crippen molar-refractivity contribution < 1.29 is 5.11 Å². The highest BCUT2D eigenvalue weighted by Gasteiger charge is 2.14. The van der Waals surface area contributed by atoms with Crippen LogP contribution in [-0.4, -0.2) is 5.11 Å². The molecule has 0 atom stereocenters. The highest BCUT2D eigenvalue weighted by atomic mass is 16.3. The molecular formula is C13H19O. The SMILES string of the molecule is CCc1cc([CH]O)cc(C(C)(C)C)c1. The van der Waals surface area contributed by atoms with Gasteiger partial charge in [-0.1, -0.05) is 45.9 Å². The van der Waals surface area contributed by atoms with Crippen LogP contribution in [0.25, 0.3) is 0 Å². The van der Waals surface area contributed by atoms with Crippen LogP contribution in [0.5, 0.6) is 0 Å². The molecule has 1 nitrogen and oxygen atoms in total. The monoisotopic (exact) mass is 191 g/mol. The fraction of sp³-hybridized carbons (Fsp3) is 0.462. The number of benzene rings is 1. The van der Waals surface area contributed by atoms with E-state index in [0.29, 0.717) is 0 Å². The Morgan fingerprint density at radius 2 is 1.86 bits per heavy atom. The van der Waals surface area contributed by atoms with E-state index in [1.165, 1.54) is 17.7 Å². The summed E-state index contributed by atoms with van der Waals surface area (Å²) in [5, 5.41) is 9.02. The zero-order valence-electron chi connectivity index (χ0n) is 9.46. The Labute approximate surface area is 86.8 Å². The van der Waals surface area contributed by atoms with Crippen molar-refractivity contribution in [3.05, 3.63) is 41.5 Å². The van der Waals surface area contributed by atoms with Crippen LogP contribution < -0.4 is 0 Å². The van der Waals surface area contributed by atoms with E-state index in [1.807, 2.05) is 12.1 Å². The van der Waals surface area contributed by atoms with Crippen molar-refractivity contribution >= 4 is 0 Å².